The molecule has 0 saturated carbocycles. The first-order valence-corrected chi connectivity index (χ1v) is 8.11. The highest BCUT2D eigenvalue weighted by Gasteiger charge is 2.04. The van der Waals surface area contributed by atoms with Crippen molar-refractivity contribution in [2.24, 2.45) is 0 Å². The monoisotopic (exact) mass is 311 g/mol. The molecule has 1 amide bonds. The molecule has 2 heterocycles. The highest BCUT2D eigenvalue weighted by Crippen LogP contribution is 2.13. The molecular weight excluding hydrogens is 294 g/mol. The van der Waals surface area contributed by atoms with Crippen LogP contribution in [0.15, 0.2) is 59.6 Å². The summed E-state index contributed by atoms with van der Waals surface area (Å²) >= 11 is 1.66. The second-order valence-electron chi connectivity index (χ2n) is 5.08. The first-order chi connectivity index (χ1) is 10.8. The van der Waals surface area contributed by atoms with E-state index in [-0.39, 0.29) is 5.91 Å². The normalized spacial score (nSPS) is 10.5. The van der Waals surface area contributed by atoms with Gasteiger partial charge in [0.1, 0.15) is 0 Å². The van der Waals surface area contributed by atoms with Crippen molar-refractivity contribution in [1.29, 1.82) is 0 Å². The van der Waals surface area contributed by atoms with Crippen LogP contribution in [0.25, 0.3) is 0 Å². The molecule has 3 rings (SSSR count). The van der Waals surface area contributed by atoms with Crippen LogP contribution in [0.4, 0.5) is 5.69 Å². The van der Waals surface area contributed by atoms with Gasteiger partial charge in [0.15, 0.2) is 0 Å². The Bertz CT molecular complexity index is 720. The topological polar surface area (TPSA) is 46.9 Å². The number of hydrogen-bond donors (Lipinski definition) is 1. The summed E-state index contributed by atoms with van der Waals surface area (Å²) in [4.78, 5) is 12.0. The molecule has 0 radical (unpaired) electrons. The Morgan fingerprint density at radius 1 is 1.23 bits per heavy atom. The highest BCUT2D eigenvalue weighted by molar-refractivity contribution is 7.07. The average molecular weight is 311 g/mol. The average Bonchev–Trinajstić information content (AvgIpc) is 3.19. The van der Waals surface area contributed by atoms with Crippen molar-refractivity contribution in [1.82, 2.24) is 9.78 Å². The first kappa shape index (κ1) is 14.5. The predicted octanol–water partition coefficient (Wildman–Crippen LogP) is 3.56. The zero-order valence-electron chi connectivity index (χ0n) is 12.1. The fraction of sp³-hybridized carbons (Fsp3) is 0.176. The molecule has 0 bridgehead atoms. The van der Waals surface area contributed by atoms with Crippen molar-refractivity contribution in [2.45, 2.75) is 19.4 Å². The molecule has 5 heteroatoms. The summed E-state index contributed by atoms with van der Waals surface area (Å²) in [6.07, 6.45) is 4.96. The molecule has 0 spiro atoms. The van der Waals surface area contributed by atoms with Crippen LogP contribution in [0.2, 0.25) is 0 Å². The van der Waals surface area contributed by atoms with Crippen LogP contribution in [0.5, 0.6) is 0 Å². The molecule has 0 atom stereocenters. The van der Waals surface area contributed by atoms with Crippen LogP contribution in [0, 0.1) is 0 Å². The van der Waals surface area contributed by atoms with Gasteiger partial charge >= 0.3 is 0 Å². The first-order valence-electron chi connectivity index (χ1n) is 7.17. The Hall–Kier alpha value is -2.40. The van der Waals surface area contributed by atoms with E-state index in [0.29, 0.717) is 13.0 Å². The van der Waals surface area contributed by atoms with Crippen LogP contribution in [-0.4, -0.2) is 15.7 Å². The van der Waals surface area contributed by atoms with Gasteiger partial charge in [-0.15, -0.1) is 0 Å². The molecular formula is C17H17N3OS. The summed E-state index contributed by atoms with van der Waals surface area (Å²) in [5.41, 5.74) is 3.16. The van der Waals surface area contributed by atoms with Crippen molar-refractivity contribution in [3.63, 3.8) is 0 Å². The van der Waals surface area contributed by atoms with Crippen molar-refractivity contribution < 1.29 is 4.79 Å². The lowest BCUT2D eigenvalue weighted by Crippen LogP contribution is -2.12. The molecule has 0 aliphatic rings. The van der Waals surface area contributed by atoms with Gasteiger partial charge < -0.3 is 5.32 Å². The number of nitrogens with zero attached hydrogens (tertiary/aromatic N) is 2. The van der Waals surface area contributed by atoms with Gasteiger partial charge in [0.05, 0.1) is 6.54 Å². The Morgan fingerprint density at radius 3 is 2.95 bits per heavy atom. The third kappa shape index (κ3) is 4.05. The van der Waals surface area contributed by atoms with Gasteiger partial charge in [-0.05, 0) is 52.6 Å². The van der Waals surface area contributed by atoms with E-state index in [0.717, 1.165) is 17.7 Å². The van der Waals surface area contributed by atoms with E-state index in [4.69, 9.17) is 0 Å². The third-order valence-corrected chi connectivity index (χ3v) is 4.07. The van der Waals surface area contributed by atoms with Gasteiger partial charge in [-0.3, -0.25) is 9.48 Å². The second kappa shape index (κ2) is 7.04. The zero-order valence-corrected chi connectivity index (χ0v) is 12.9. The maximum Gasteiger partial charge on any atom is 0.224 e. The van der Waals surface area contributed by atoms with Gasteiger partial charge in [0.25, 0.3) is 0 Å². The van der Waals surface area contributed by atoms with E-state index >= 15 is 0 Å². The summed E-state index contributed by atoms with van der Waals surface area (Å²) in [5.74, 6) is 0.0439. The Balaban J connectivity index is 1.56. The lowest BCUT2D eigenvalue weighted by atomic mass is 10.1. The Kier molecular flexibility index (Phi) is 4.65. The number of carbonyl (C=O) groups excluding carboxylic acids is 1. The second-order valence-corrected chi connectivity index (χ2v) is 5.86. The number of benzene rings is 1. The number of thiophene rings is 1. The predicted molar refractivity (Wildman–Crippen MR) is 89.0 cm³/mol. The molecule has 0 fully saturated rings. The van der Waals surface area contributed by atoms with Gasteiger partial charge in [0.2, 0.25) is 5.91 Å². The summed E-state index contributed by atoms with van der Waals surface area (Å²) in [6.45, 7) is 0.700. The molecule has 3 aromatic rings. The summed E-state index contributed by atoms with van der Waals surface area (Å²) in [5, 5.41) is 11.3. The summed E-state index contributed by atoms with van der Waals surface area (Å²) in [7, 11) is 0. The zero-order chi connectivity index (χ0) is 15.2. The number of nitrogens with one attached hydrogen (secondary N) is 1. The van der Waals surface area contributed by atoms with Crippen molar-refractivity contribution in [3.8, 4) is 0 Å². The number of amides is 1. The minimum absolute atomic E-state index is 0.0439. The smallest absolute Gasteiger partial charge is 0.224 e. The molecule has 1 N–H and O–H groups in total. The molecule has 2 aromatic heterocycles. The van der Waals surface area contributed by atoms with Gasteiger partial charge in [-0.2, -0.15) is 16.4 Å². The van der Waals surface area contributed by atoms with Gasteiger partial charge in [-0.25, -0.2) is 0 Å². The van der Waals surface area contributed by atoms with Crippen LogP contribution >= 0.6 is 11.3 Å². The molecule has 112 valence electrons. The SMILES string of the molecule is O=C(CCc1ccsc1)Nc1cccc(Cn2cccn2)c1. The molecule has 0 aliphatic carbocycles. The molecule has 22 heavy (non-hydrogen) atoms. The quantitative estimate of drug-likeness (QED) is 0.756. The van der Waals surface area contributed by atoms with Crippen molar-refractivity contribution in [3.05, 3.63) is 70.7 Å². The fourth-order valence-corrected chi connectivity index (χ4v) is 2.95. The fourth-order valence-electron chi connectivity index (χ4n) is 2.24. The number of hydrogen-bond acceptors (Lipinski definition) is 3. The number of carbonyl (C=O) groups is 1. The third-order valence-electron chi connectivity index (χ3n) is 3.34. The molecule has 0 aliphatic heterocycles. The van der Waals surface area contributed by atoms with E-state index < -0.39 is 0 Å². The molecule has 0 saturated heterocycles. The van der Waals surface area contributed by atoms with Crippen LogP contribution in [0.3, 0.4) is 0 Å². The minimum Gasteiger partial charge on any atom is -0.326 e. The minimum atomic E-state index is 0.0439. The van der Waals surface area contributed by atoms with E-state index in [9.17, 15) is 4.79 Å². The molecule has 0 unspecified atom stereocenters. The number of anilines is 1. The van der Waals surface area contributed by atoms with Crippen LogP contribution < -0.4 is 5.32 Å². The summed E-state index contributed by atoms with van der Waals surface area (Å²) in [6, 6.07) is 11.8. The van der Waals surface area contributed by atoms with Crippen LogP contribution in [0.1, 0.15) is 17.5 Å². The van der Waals surface area contributed by atoms with E-state index in [1.165, 1.54) is 5.56 Å². The summed E-state index contributed by atoms with van der Waals surface area (Å²) < 4.78 is 1.86. The molecule has 4 nitrogen and oxygen atoms in total. The number of aromatic nitrogens is 2. The molecule has 1 aromatic carbocycles. The van der Waals surface area contributed by atoms with Crippen molar-refractivity contribution in [2.75, 3.05) is 5.32 Å². The standard InChI is InChI=1S/C17H17N3OS/c21-17(6-5-14-7-10-22-13-14)19-16-4-1-3-15(11-16)12-20-9-2-8-18-20/h1-4,7-11,13H,5-6,12H2,(H,19,21). The van der Waals surface area contributed by atoms with E-state index in [1.54, 1.807) is 17.5 Å². The lowest BCUT2D eigenvalue weighted by Gasteiger charge is -2.07. The van der Waals surface area contributed by atoms with Gasteiger partial charge in [0, 0.05) is 24.5 Å². The Morgan fingerprint density at radius 2 is 2.18 bits per heavy atom. The van der Waals surface area contributed by atoms with Crippen molar-refractivity contribution >= 4 is 22.9 Å². The van der Waals surface area contributed by atoms with E-state index in [2.05, 4.69) is 21.9 Å². The Labute approximate surface area is 133 Å². The van der Waals surface area contributed by atoms with Crippen LogP contribution in [-0.2, 0) is 17.8 Å². The van der Waals surface area contributed by atoms with E-state index in [1.807, 2.05) is 46.6 Å². The maximum atomic E-state index is 12.0. The largest absolute Gasteiger partial charge is 0.326 e. The maximum absolute atomic E-state index is 12.0. The van der Waals surface area contributed by atoms with Gasteiger partial charge in [-0.1, -0.05) is 12.1 Å². The lowest BCUT2D eigenvalue weighted by molar-refractivity contribution is -0.116. The number of rotatable bonds is 6. The highest BCUT2D eigenvalue weighted by atomic mass is 32.1. The number of aryl methyl sites for hydroxylation is 1.